The number of allylic oxidation sites excluding steroid dienone is 6. The first kappa shape index (κ1) is 21.6. The largest absolute Gasteiger partial charge is 0.393 e. The number of hydrogen-bond donors (Lipinski definition) is 1. The molecule has 5 atom stereocenters. The zero-order valence-electron chi connectivity index (χ0n) is 18.7. The number of hydrogen-bond acceptors (Lipinski definition) is 1. The lowest BCUT2D eigenvalue weighted by molar-refractivity contribution is 0.137. The molecule has 3 saturated carbocycles. The molecule has 0 amide bonds. The van der Waals surface area contributed by atoms with Gasteiger partial charge in [0.25, 0.3) is 0 Å². The van der Waals surface area contributed by atoms with E-state index in [0.717, 1.165) is 37.0 Å². The van der Waals surface area contributed by atoms with Crippen LogP contribution in [0.1, 0.15) is 85.5 Å². The predicted molar refractivity (Wildman–Crippen MR) is 121 cm³/mol. The van der Waals surface area contributed by atoms with Gasteiger partial charge in [-0.1, -0.05) is 69.7 Å². The van der Waals surface area contributed by atoms with Crippen LogP contribution in [0.5, 0.6) is 0 Å². The molecule has 3 rings (SSSR count). The fourth-order valence-corrected chi connectivity index (χ4v) is 5.81. The summed E-state index contributed by atoms with van der Waals surface area (Å²) in [6, 6.07) is 0. The van der Waals surface area contributed by atoms with Crippen molar-refractivity contribution in [3.63, 3.8) is 0 Å². The Morgan fingerprint density at radius 3 is 2.68 bits per heavy atom. The SMILES string of the molecule is C=C1CCC(O)C/C1=C/C=C1\CCC[C@]2(C)C(C/C=C/C(C)C(C)C)CCC12. The Hall–Kier alpha value is -1.08. The van der Waals surface area contributed by atoms with Crippen molar-refractivity contribution in [3.05, 3.63) is 47.6 Å². The van der Waals surface area contributed by atoms with Crippen LogP contribution in [0.2, 0.25) is 0 Å². The van der Waals surface area contributed by atoms with Crippen molar-refractivity contribution in [1.29, 1.82) is 0 Å². The summed E-state index contributed by atoms with van der Waals surface area (Å²) in [5.41, 5.74) is 4.64. The van der Waals surface area contributed by atoms with E-state index in [1.54, 1.807) is 5.57 Å². The van der Waals surface area contributed by atoms with Gasteiger partial charge >= 0.3 is 0 Å². The molecular weight excluding hydrogens is 340 g/mol. The Balaban J connectivity index is 1.70. The molecule has 156 valence electrons. The molecule has 3 aliphatic rings. The first-order valence-electron chi connectivity index (χ1n) is 11.7. The molecule has 0 aromatic rings. The molecule has 1 heteroatoms. The number of fused-ring (bicyclic) bond motifs is 1. The molecule has 28 heavy (non-hydrogen) atoms. The normalized spacial score (nSPS) is 37.9. The molecule has 0 spiro atoms. The summed E-state index contributed by atoms with van der Waals surface area (Å²) in [6.45, 7) is 13.8. The standard InChI is InChI=1S/C27H42O/c1-19(2)20(3)8-6-10-24-14-16-26-22(9-7-17-27(24,26)5)12-13-23-18-25(28)15-11-21(23)4/h6,8,12-13,19-20,24-26,28H,4,7,9-11,14-18H2,1-3,5H3/b8-6+,22-12+,23-13-/t20?,24?,25?,26?,27-/m1/s1. The van der Waals surface area contributed by atoms with Crippen LogP contribution in [-0.4, -0.2) is 11.2 Å². The lowest BCUT2D eigenvalue weighted by atomic mass is 9.63. The van der Waals surface area contributed by atoms with Crippen LogP contribution < -0.4 is 0 Å². The molecule has 0 heterocycles. The van der Waals surface area contributed by atoms with Crippen LogP contribution in [0, 0.1) is 29.1 Å². The van der Waals surface area contributed by atoms with E-state index in [0.29, 0.717) is 11.3 Å². The fraction of sp³-hybridized carbons (Fsp3) is 0.704. The third-order valence-corrected chi connectivity index (χ3v) is 8.26. The van der Waals surface area contributed by atoms with Gasteiger partial charge < -0.3 is 5.11 Å². The molecule has 0 aromatic heterocycles. The highest BCUT2D eigenvalue weighted by molar-refractivity contribution is 5.36. The molecular formula is C27H42O. The first-order valence-corrected chi connectivity index (χ1v) is 11.7. The van der Waals surface area contributed by atoms with E-state index in [2.05, 4.69) is 58.6 Å². The number of aliphatic hydroxyl groups is 1. The van der Waals surface area contributed by atoms with Crippen molar-refractivity contribution in [2.24, 2.45) is 29.1 Å². The van der Waals surface area contributed by atoms with Gasteiger partial charge in [0.2, 0.25) is 0 Å². The molecule has 0 aliphatic heterocycles. The average Bonchev–Trinajstić information content (AvgIpc) is 2.99. The Morgan fingerprint density at radius 1 is 1.14 bits per heavy atom. The Labute approximate surface area is 173 Å². The first-order chi connectivity index (χ1) is 13.3. The summed E-state index contributed by atoms with van der Waals surface area (Å²) >= 11 is 0. The maximum atomic E-state index is 10.0. The molecule has 0 saturated heterocycles. The van der Waals surface area contributed by atoms with Gasteiger partial charge in [0.15, 0.2) is 0 Å². The second kappa shape index (κ2) is 9.16. The van der Waals surface area contributed by atoms with Crippen molar-refractivity contribution < 1.29 is 5.11 Å². The molecule has 4 unspecified atom stereocenters. The highest BCUT2D eigenvalue weighted by Crippen LogP contribution is 2.58. The third-order valence-electron chi connectivity index (χ3n) is 8.26. The quantitative estimate of drug-likeness (QED) is 0.491. The Bertz CT molecular complexity index is 649. The van der Waals surface area contributed by atoms with Crippen molar-refractivity contribution in [3.8, 4) is 0 Å². The van der Waals surface area contributed by atoms with Crippen molar-refractivity contribution in [2.45, 2.75) is 91.6 Å². The van der Waals surface area contributed by atoms with Crippen LogP contribution in [0.4, 0.5) is 0 Å². The molecule has 1 N–H and O–H groups in total. The molecule has 0 bridgehead atoms. The van der Waals surface area contributed by atoms with Crippen LogP contribution in [0.15, 0.2) is 47.6 Å². The summed E-state index contributed by atoms with van der Waals surface area (Å²) in [7, 11) is 0. The van der Waals surface area contributed by atoms with E-state index in [4.69, 9.17) is 0 Å². The summed E-state index contributed by atoms with van der Waals surface area (Å²) < 4.78 is 0. The molecule has 3 fully saturated rings. The second-order valence-electron chi connectivity index (χ2n) is 10.4. The van der Waals surface area contributed by atoms with Gasteiger partial charge in [0.1, 0.15) is 0 Å². The molecule has 1 nitrogen and oxygen atoms in total. The van der Waals surface area contributed by atoms with Gasteiger partial charge in [-0.3, -0.25) is 0 Å². The van der Waals surface area contributed by atoms with Gasteiger partial charge in [-0.15, -0.1) is 0 Å². The van der Waals surface area contributed by atoms with E-state index in [1.165, 1.54) is 49.7 Å². The topological polar surface area (TPSA) is 20.2 Å². The molecule has 0 aromatic carbocycles. The smallest absolute Gasteiger partial charge is 0.0583 e. The zero-order valence-corrected chi connectivity index (χ0v) is 18.7. The maximum absolute atomic E-state index is 10.0. The highest BCUT2D eigenvalue weighted by atomic mass is 16.3. The summed E-state index contributed by atoms with van der Waals surface area (Å²) in [4.78, 5) is 0. The molecule has 0 radical (unpaired) electrons. The summed E-state index contributed by atoms with van der Waals surface area (Å²) in [5.74, 6) is 2.99. The fourth-order valence-electron chi connectivity index (χ4n) is 5.81. The average molecular weight is 383 g/mol. The van der Waals surface area contributed by atoms with Gasteiger partial charge in [0.05, 0.1) is 6.10 Å². The van der Waals surface area contributed by atoms with Crippen molar-refractivity contribution in [2.75, 3.05) is 0 Å². The Kier molecular flexibility index (Phi) is 7.07. The third kappa shape index (κ3) is 4.73. The number of rotatable bonds is 5. The van der Waals surface area contributed by atoms with Gasteiger partial charge in [0, 0.05) is 0 Å². The maximum Gasteiger partial charge on any atom is 0.0583 e. The lowest BCUT2D eigenvalue weighted by Crippen LogP contribution is -2.33. The lowest BCUT2D eigenvalue weighted by Gasteiger charge is -2.42. The van der Waals surface area contributed by atoms with E-state index in [9.17, 15) is 5.11 Å². The minimum absolute atomic E-state index is 0.178. The van der Waals surface area contributed by atoms with E-state index >= 15 is 0 Å². The van der Waals surface area contributed by atoms with Crippen LogP contribution in [0.25, 0.3) is 0 Å². The van der Waals surface area contributed by atoms with Crippen molar-refractivity contribution >= 4 is 0 Å². The number of aliphatic hydroxyl groups excluding tert-OH is 1. The summed E-state index contributed by atoms with van der Waals surface area (Å²) in [6.07, 6.45) is 20.0. The Morgan fingerprint density at radius 2 is 1.93 bits per heavy atom. The second-order valence-corrected chi connectivity index (χ2v) is 10.4. The highest BCUT2D eigenvalue weighted by Gasteiger charge is 2.48. The van der Waals surface area contributed by atoms with Crippen LogP contribution in [0.3, 0.4) is 0 Å². The minimum Gasteiger partial charge on any atom is -0.393 e. The van der Waals surface area contributed by atoms with E-state index in [-0.39, 0.29) is 6.10 Å². The van der Waals surface area contributed by atoms with Crippen LogP contribution >= 0.6 is 0 Å². The predicted octanol–water partition coefficient (Wildman–Crippen LogP) is 7.40. The van der Waals surface area contributed by atoms with E-state index in [1.807, 2.05) is 0 Å². The van der Waals surface area contributed by atoms with Gasteiger partial charge in [-0.2, -0.15) is 0 Å². The van der Waals surface area contributed by atoms with Crippen molar-refractivity contribution in [1.82, 2.24) is 0 Å². The van der Waals surface area contributed by atoms with Gasteiger partial charge in [-0.25, -0.2) is 0 Å². The van der Waals surface area contributed by atoms with E-state index < -0.39 is 0 Å². The zero-order chi connectivity index (χ0) is 20.3. The van der Waals surface area contributed by atoms with Gasteiger partial charge in [-0.05, 0) is 92.4 Å². The summed E-state index contributed by atoms with van der Waals surface area (Å²) in [5, 5.41) is 10.0. The minimum atomic E-state index is -0.178. The van der Waals surface area contributed by atoms with Crippen LogP contribution in [-0.2, 0) is 0 Å². The monoisotopic (exact) mass is 382 g/mol. The molecule has 3 aliphatic carbocycles.